The van der Waals surface area contributed by atoms with Gasteiger partial charge in [0.05, 0.1) is 12.7 Å². The molecule has 0 aromatic carbocycles. The second-order valence-electron chi connectivity index (χ2n) is 4.26. The van der Waals surface area contributed by atoms with Gasteiger partial charge in [-0.3, -0.25) is 0 Å². The molecule has 4 nitrogen and oxygen atoms in total. The molecule has 1 aliphatic heterocycles. The number of hydrogen-bond donors (Lipinski definition) is 0. The fourth-order valence-electron chi connectivity index (χ4n) is 1.25. The summed E-state index contributed by atoms with van der Waals surface area (Å²) in [6.07, 6.45) is -6.02. The highest BCUT2D eigenvalue weighted by molar-refractivity contribution is 7.90. The number of sulfonamides is 1. The van der Waals surface area contributed by atoms with E-state index in [1.807, 2.05) is 0 Å². The Morgan fingerprint density at radius 3 is 1.95 bits per heavy atom. The zero-order chi connectivity index (χ0) is 16.9. The third-order valence-corrected chi connectivity index (χ3v) is 4.53. The van der Waals surface area contributed by atoms with Crippen molar-refractivity contribution in [1.29, 1.82) is 0 Å². The molecule has 1 aliphatic rings. The lowest BCUT2D eigenvalue weighted by Crippen LogP contribution is -2.62. The topological polar surface area (TPSA) is 49.9 Å². The molecular weight excluding hydrogens is 342 g/mol. The molecule has 0 aromatic rings. The summed E-state index contributed by atoms with van der Waals surface area (Å²) in [6.45, 7) is -0.830. The smallest absolute Gasteiger partial charge is 0.372 e. The predicted molar refractivity (Wildman–Crippen MR) is 52.1 cm³/mol. The molecule has 1 fully saturated rings. The van der Waals surface area contributed by atoms with Gasteiger partial charge in [0.15, 0.2) is 0 Å². The average Bonchev–Trinajstić information content (AvgIpc) is 3.11. The Balaban J connectivity index is 3.17. The van der Waals surface area contributed by atoms with Gasteiger partial charge in [-0.25, -0.2) is 17.2 Å². The van der Waals surface area contributed by atoms with Crippen LogP contribution in [-0.2, 0) is 14.8 Å². The first-order valence-electron chi connectivity index (χ1n) is 5.18. The van der Waals surface area contributed by atoms with Crippen LogP contribution in [0.3, 0.4) is 0 Å². The quantitative estimate of drug-likeness (QED) is 0.519. The summed E-state index contributed by atoms with van der Waals surface area (Å²) >= 11 is 0. The van der Waals surface area contributed by atoms with Gasteiger partial charge in [0, 0.05) is 13.6 Å². The molecule has 13 heteroatoms. The van der Waals surface area contributed by atoms with E-state index in [0.29, 0.717) is 7.05 Å². The Bertz CT molecular complexity index is 490. The van der Waals surface area contributed by atoms with Crippen molar-refractivity contribution in [3.63, 3.8) is 0 Å². The van der Waals surface area contributed by atoms with Gasteiger partial charge in [-0.1, -0.05) is 0 Å². The van der Waals surface area contributed by atoms with E-state index in [9.17, 15) is 43.5 Å². The van der Waals surface area contributed by atoms with Gasteiger partial charge in [0.2, 0.25) is 0 Å². The molecular formula is C8H9F8NO3S. The molecule has 1 saturated heterocycles. The molecule has 0 radical (unpaired) electrons. The van der Waals surface area contributed by atoms with Crippen LogP contribution in [0.15, 0.2) is 0 Å². The Hall–Kier alpha value is -0.690. The summed E-state index contributed by atoms with van der Waals surface area (Å²) in [7, 11) is -5.89. The zero-order valence-electron chi connectivity index (χ0n) is 10.2. The average molecular weight is 351 g/mol. The van der Waals surface area contributed by atoms with E-state index in [1.165, 1.54) is 0 Å². The van der Waals surface area contributed by atoms with E-state index in [-0.39, 0.29) is 10.9 Å². The summed E-state index contributed by atoms with van der Waals surface area (Å²) in [5, 5.41) is -6.43. The molecule has 1 rings (SSSR count). The number of hydrogen-bond acceptors (Lipinski definition) is 3. The first-order chi connectivity index (χ1) is 9.19. The van der Waals surface area contributed by atoms with Crippen LogP contribution in [0.1, 0.15) is 0 Å². The molecule has 0 bridgehead atoms. The molecule has 1 heterocycles. The molecule has 0 spiro atoms. The van der Waals surface area contributed by atoms with Crippen molar-refractivity contribution in [2.75, 3.05) is 20.2 Å². The van der Waals surface area contributed by atoms with Gasteiger partial charge >= 0.3 is 23.5 Å². The van der Waals surface area contributed by atoms with E-state index in [4.69, 9.17) is 0 Å². The molecule has 0 N–H and O–H groups in total. The van der Waals surface area contributed by atoms with Crippen LogP contribution < -0.4 is 0 Å². The molecule has 0 saturated carbocycles. The summed E-state index contributed by atoms with van der Waals surface area (Å²) in [5.74, 6) is -13.3. The number of halogens is 8. The summed E-state index contributed by atoms with van der Waals surface area (Å²) in [4.78, 5) is 0. The third kappa shape index (κ3) is 2.82. The minimum absolute atomic E-state index is 0.0327. The van der Waals surface area contributed by atoms with Crippen LogP contribution in [0.25, 0.3) is 0 Å². The summed E-state index contributed by atoms with van der Waals surface area (Å²) < 4.78 is 128. The lowest BCUT2D eigenvalue weighted by atomic mass is 10.2. The number of likely N-dealkylation sites (N-methyl/N-ethyl adjacent to an activating group) is 1. The van der Waals surface area contributed by atoms with Crippen molar-refractivity contribution in [1.82, 2.24) is 4.31 Å². The molecule has 1 unspecified atom stereocenters. The molecule has 21 heavy (non-hydrogen) atoms. The van der Waals surface area contributed by atoms with Crippen molar-refractivity contribution in [2.24, 2.45) is 0 Å². The fraction of sp³-hybridized carbons (Fsp3) is 1.00. The highest BCUT2D eigenvalue weighted by Gasteiger charge is 2.80. The molecule has 126 valence electrons. The summed E-state index contributed by atoms with van der Waals surface area (Å²) in [6, 6.07) is 0. The van der Waals surface area contributed by atoms with E-state index in [0.717, 1.165) is 0 Å². The Labute approximate surface area is 113 Å². The number of ether oxygens (including phenoxy) is 1. The van der Waals surface area contributed by atoms with Crippen LogP contribution in [0.5, 0.6) is 0 Å². The lowest BCUT2D eigenvalue weighted by molar-refractivity contribution is -0.315. The van der Waals surface area contributed by atoms with Crippen LogP contribution >= 0.6 is 0 Å². The maximum Gasteiger partial charge on any atom is 0.427 e. The van der Waals surface area contributed by atoms with Gasteiger partial charge in [-0.2, -0.15) is 30.6 Å². The maximum absolute atomic E-state index is 13.3. The van der Waals surface area contributed by atoms with Crippen molar-refractivity contribution in [2.45, 2.75) is 29.6 Å². The first-order valence-corrected chi connectivity index (χ1v) is 6.62. The SMILES string of the molecule is CN(CC1CO1)S(=O)(=O)C(F)(F)C(F)(F)C(F)(F)C(F)F. The molecule has 0 aromatic heterocycles. The van der Waals surface area contributed by atoms with Gasteiger partial charge in [-0.05, 0) is 0 Å². The first kappa shape index (κ1) is 18.4. The number of rotatable bonds is 7. The second-order valence-corrected chi connectivity index (χ2v) is 6.34. The van der Waals surface area contributed by atoms with Crippen molar-refractivity contribution >= 4 is 10.0 Å². The molecule has 1 atom stereocenters. The van der Waals surface area contributed by atoms with Crippen molar-refractivity contribution < 1.29 is 48.3 Å². The van der Waals surface area contributed by atoms with Gasteiger partial charge in [0.1, 0.15) is 0 Å². The second kappa shape index (κ2) is 5.19. The largest absolute Gasteiger partial charge is 0.427 e. The highest BCUT2D eigenvalue weighted by atomic mass is 32.2. The van der Waals surface area contributed by atoms with E-state index in [2.05, 4.69) is 4.74 Å². The van der Waals surface area contributed by atoms with E-state index < -0.39 is 46.2 Å². The van der Waals surface area contributed by atoms with Gasteiger partial charge < -0.3 is 4.74 Å². The Morgan fingerprint density at radius 2 is 1.62 bits per heavy atom. The Morgan fingerprint density at radius 1 is 1.19 bits per heavy atom. The van der Waals surface area contributed by atoms with Crippen molar-refractivity contribution in [3.8, 4) is 0 Å². The number of nitrogens with zero attached hydrogens (tertiary/aromatic N) is 1. The predicted octanol–water partition coefficient (Wildman–Crippen LogP) is 1.78. The fourth-order valence-corrected chi connectivity index (χ4v) is 2.46. The van der Waals surface area contributed by atoms with Crippen LogP contribution in [0, 0.1) is 0 Å². The number of epoxide rings is 1. The highest BCUT2D eigenvalue weighted by Crippen LogP contribution is 2.51. The standard InChI is InChI=1S/C8H9F8NO3S/c1-17(2-4-3-20-4)21(18,19)8(15,16)7(13,14)6(11,12)5(9)10/h4-5H,2-3H2,1H3. The van der Waals surface area contributed by atoms with Crippen molar-refractivity contribution in [3.05, 3.63) is 0 Å². The van der Waals surface area contributed by atoms with Crippen LogP contribution in [0.2, 0.25) is 0 Å². The summed E-state index contributed by atoms with van der Waals surface area (Å²) in [5.41, 5.74) is 0. The zero-order valence-corrected chi connectivity index (χ0v) is 11.0. The third-order valence-electron chi connectivity index (χ3n) is 2.66. The lowest BCUT2D eigenvalue weighted by Gasteiger charge is -2.33. The molecule has 0 aliphatic carbocycles. The van der Waals surface area contributed by atoms with E-state index >= 15 is 0 Å². The maximum atomic E-state index is 13.3. The van der Waals surface area contributed by atoms with Gasteiger partial charge in [0.25, 0.3) is 10.0 Å². The Kier molecular flexibility index (Phi) is 4.54. The van der Waals surface area contributed by atoms with E-state index in [1.54, 1.807) is 0 Å². The monoisotopic (exact) mass is 351 g/mol. The van der Waals surface area contributed by atoms with Crippen LogP contribution in [0.4, 0.5) is 35.1 Å². The normalized spacial score (nSPS) is 21.2. The molecule has 0 amide bonds. The minimum atomic E-state index is -6.80. The number of alkyl halides is 8. The minimum Gasteiger partial charge on any atom is -0.372 e. The van der Waals surface area contributed by atoms with Crippen LogP contribution in [-0.4, -0.2) is 62.6 Å². The van der Waals surface area contributed by atoms with Gasteiger partial charge in [-0.15, -0.1) is 0 Å².